The molecule has 0 saturated carbocycles. The zero-order valence-corrected chi connectivity index (χ0v) is 9.99. The van der Waals surface area contributed by atoms with Crippen LogP contribution in [0.2, 0.25) is 0 Å². The number of carbonyl (C=O) groups excluding carboxylic acids is 1. The molecule has 1 heterocycles. The molecule has 0 unspecified atom stereocenters. The molecule has 1 rings (SSSR count). The van der Waals surface area contributed by atoms with Crippen molar-refractivity contribution in [3.05, 3.63) is 16.1 Å². The third-order valence-electron chi connectivity index (χ3n) is 1.94. The number of hydrogen-bond donors (Lipinski definition) is 2. The molecular formula is C10H17N3OS. The number of amides is 1. The number of hydrogen-bond acceptors (Lipinski definition) is 4. The maximum Gasteiger partial charge on any atom is 0.220 e. The topological polar surface area (TPSA) is 54.0 Å². The molecule has 0 aliphatic rings. The van der Waals surface area contributed by atoms with Crippen molar-refractivity contribution in [3.8, 4) is 0 Å². The summed E-state index contributed by atoms with van der Waals surface area (Å²) in [6.07, 6.45) is 3.28. The number of nitrogens with one attached hydrogen (secondary N) is 2. The van der Waals surface area contributed by atoms with Crippen LogP contribution in [0.3, 0.4) is 0 Å². The van der Waals surface area contributed by atoms with E-state index in [1.165, 1.54) is 4.88 Å². The van der Waals surface area contributed by atoms with Crippen LogP contribution in [-0.2, 0) is 11.3 Å². The summed E-state index contributed by atoms with van der Waals surface area (Å²) in [6.45, 7) is 3.44. The number of thiazole rings is 1. The highest BCUT2D eigenvalue weighted by Crippen LogP contribution is 2.10. The first-order chi connectivity index (χ1) is 7.22. The van der Waals surface area contributed by atoms with Gasteiger partial charge in [0.2, 0.25) is 5.91 Å². The molecule has 15 heavy (non-hydrogen) atoms. The fraction of sp³-hybridized carbons (Fsp3) is 0.600. The molecule has 5 heteroatoms. The molecule has 84 valence electrons. The van der Waals surface area contributed by atoms with Crippen molar-refractivity contribution in [3.63, 3.8) is 0 Å². The highest BCUT2D eigenvalue weighted by molar-refractivity contribution is 7.11. The molecule has 0 spiro atoms. The lowest BCUT2D eigenvalue weighted by Crippen LogP contribution is -2.23. The van der Waals surface area contributed by atoms with Crippen molar-refractivity contribution >= 4 is 17.2 Å². The third kappa shape index (κ3) is 4.90. The van der Waals surface area contributed by atoms with E-state index in [9.17, 15) is 4.79 Å². The van der Waals surface area contributed by atoms with Gasteiger partial charge < -0.3 is 10.6 Å². The lowest BCUT2D eigenvalue weighted by molar-refractivity contribution is -0.121. The van der Waals surface area contributed by atoms with E-state index in [4.69, 9.17) is 0 Å². The predicted molar refractivity (Wildman–Crippen MR) is 61.9 cm³/mol. The fourth-order valence-electron chi connectivity index (χ4n) is 1.17. The van der Waals surface area contributed by atoms with Gasteiger partial charge in [0, 0.05) is 17.5 Å². The van der Waals surface area contributed by atoms with Gasteiger partial charge >= 0.3 is 0 Å². The van der Waals surface area contributed by atoms with Gasteiger partial charge in [0.05, 0.1) is 6.54 Å². The van der Waals surface area contributed by atoms with Gasteiger partial charge in [-0.05, 0) is 26.9 Å². The van der Waals surface area contributed by atoms with Crippen molar-refractivity contribution in [2.75, 3.05) is 13.6 Å². The maximum absolute atomic E-state index is 11.3. The Balaban J connectivity index is 2.16. The van der Waals surface area contributed by atoms with Crippen molar-refractivity contribution in [1.82, 2.24) is 15.6 Å². The van der Waals surface area contributed by atoms with Gasteiger partial charge in [0.25, 0.3) is 0 Å². The van der Waals surface area contributed by atoms with Crippen molar-refractivity contribution < 1.29 is 4.79 Å². The average Bonchev–Trinajstić information content (AvgIpc) is 2.62. The molecule has 4 nitrogen and oxygen atoms in total. The Kier molecular flexibility index (Phi) is 5.28. The Morgan fingerprint density at radius 2 is 2.40 bits per heavy atom. The van der Waals surface area contributed by atoms with Gasteiger partial charge in [-0.3, -0.25) is 4.79 Å². The summed E-state index contributed by atoms with van der Waals surface area (Å²) in [4.78, 5) is 16.7. The number of nitrogens with zero attached hydrogens (tertiary/aromatic N) is 1. The first-order valence-corrected chi connectivity index (χ1v) is 5.86. The largest absolute Gasteiger partial charge is 0.350 e. The van der Waals surface area contributed by atoms with E-state index in [0.29, 0.717) is 13.0 Å². The van der Waals surface area contributed by atoms with Crippen LogP contribution in [0.15, 0.2) is 6.20 Å². The molecule has 0 aromatic carbocycles. The highest BCUT2D eigenvalue weighted by Gasteiger charge is 2.02. The lowest BCUT2D eigenvalue weighted by atomic mass is 10.3. The number of rotatable bonds is 6. The molecule has 1 amide bonds. The second kappa shape index (κ2) is 6.53. The van der Waals surface area contributed by atoms with E-state index < -0.39 is 0 Å². The van der Waals surface area contributed by atoms with Crippen LogP contribution in [0.1, 0.15) is 22.7 Å². The van der Waals surface area contributed by atoms with Crippen LogP contribution in [-0.4, -0.2) is 24.5 Å². The first kappa shape index (κ1) is 12.1. The fourth-order valence-corrected chi connectivity index (χ4v) is 1.90. The summed E-state index contributed by atoms with van der Waals surface area (Å²) < 4.78 is 0. The molecule has 1 aromatic rings. The normalized spacial score (nSPS) is 10.3. The average molecular weight is 227 g/mol. The van der Waals surface area contributed by atoms with Crippen molar-refractivity contribution in [2.24, 2.45) is 0 Å². The summed E-state index contributed by atoms with van der Waals surface area (Å²) in [6, 6.07) is 0. The minimum atomic E-state index is 0.0955. The van der Waals surface area contributed by atoms with Crippen LogP contribution in [0.5, 0.6) is 0 Å². The zero-order chi connectivity index (χ0) is 11.1. The Morgan fingerprint density at radius 3 is 3.00 bits per heavy atom. The molecule has 1 aromatic heterocycles. The van der Waals surface area contributed by atoms with E-state index in [-0.39, 0.29) is 5.91 Å². The smallest absolute Gasteiger partial charge is 0.220 e. The lowest BCUT2D eigenvalue weighted by Gasteiger charge is -2.02. The van der Waals surface area contributed by atoms with E-state index >= 15 is 0 Å². The molecule has 0 atom stereocenters. The van der Waals surface area contributed by atoms with E-state index in [1.807, 2.05) is 20.2 Å². The number of carbonyl (C=O) groups is 1. The second-order valence-corrected chi connectivity index (χ2v) is 4.67. The summed E-state index contributed by atoms with van der Waals surface area (Å²) >= 11 is 1.62. The number of aryl methyl sites for hydroxylation is 1. The molecule has 0 bridgehead atoms. The first-order valence-electron chi connectivity index (χ1n) is 5.05. The van der Waals surface area contributed by atoms with E-state index in [1.54, 1.807) is 11.3 Å². The highest BCUT2D eigenvalue weighted by atomic mass is 32.1. The summed E-state index contributed by atoms with van der Waals surface area (Å²) in [7, 11) is 1.89. The van der Waals surface area contributed by atoms with Gasteiger partial charge in [-0.15, -0.1) is 11.3 Å². The van der Waals surface area contributed by atoms with Crippen molar-refractivity contribution in [2.45, 2.75) is 26.3 Å². The van der Waals surface area contributed by atoms with Crippen LogP contribution in [0.4, 0.5) is 0 Å². The molecule has 0 fully saturated rings. The van der Waals surface area contributed by atoms with Crippen molar-refractivity contribution in [1.29, 1.82) is 0 Å². The van der Waals surface area contributed by atoms with Gasteiger partial charge in [-0.2, -0.15) is 0 Å². The van der Waals surface area contributed by atoms with Gasteiger partial charge in [0.15, 0.2) is 0 Å². The second-order valence-electron chi connectivity index (χ2n) is 3.35. The quantitative estimate of drug-likeness (QED) is 0.715. The maximum atomic E-state index is 11.3. The Morgan fingerprint density at radius 1 is 1.60 bits per heavy atom. The summed E-state index contributed by atoms with van der Waals surface area (Å²) in [5, 5.41) is 6.83. The molecule has 0 aliphatic carbocycles. The summed E-state index contributed by atoms with van der Waals surface area (Å²) in [5.41, 5.74) is 0. The monoisotopic (exact) mass is 227 g/mol. The molecule has 0 saturated heterocycles. The van der Waals surface area contributed by atoms with Crippen LogP contribution < -0.4 is 10.6 Å². The van der Waals surface area contributed by atoms with E-state index in [2.05, 4.69) is 15.6 Å². The minimum Gasteiger partial charge on any atom is -0.350 e. The predicted octanol–water partition coefficient (Wildman–Crippen LogP) is 1.07. The van der Waals surface area contributed by atoms with Gasteiger partial charge in [-0.25, -0.2) is 4.98 Å². The standard InChI is InChI=1S/C10H17N3OS/c1-8-6-13-10(15-8)7-12-9(14)4-3-5-11-2/h6,11H,3-5,7H2,1-2H3,(H,12,14). The minimum absolute atomic E-state index is 0.0955. The molecular weight excluding hydrogens is 210 g/mol. The third-order valence-corrected chi connectivity index (χ3v) is 2.85. The molecule has 2 N–H and O–H groups in total. The Labute approximate surface area is 94.1 Å². The van der Waals surface area contributed by atoms with Crippen LogP contribution >= 0.6 is 11.3 Å². The van der Waals surface area contributed by atoms with E-state index in [0.717, 1.165) is 18.0 Å². The zero-order valence-electron chi connectivity index (χ0n) is 9.17. The summed E-state index contributed by atoms with van der Waals surface area (Å²) in [5.74, 6) is 0.0955. The van der Waals surface area contributed by atoms with Crippen LogP contribution in [0, 0.1) is 6.92 Å². The SMILES string of the molecule is CNCCCC(=O)NCc1ncc(C)s1. The molecule has 0 radical (unpaired) electrons. The Bertz CT molecular complexity index is 311. The Hall–Kier alpha value is -0.940. The van der Waals surface area contributed by atoms with Gasteiger partial charge in [-0.1, -0.05) is 0 Å². The number of aromatic nitrogens is 1. The molecule has 0 aliphatic heterocycles. The van der Waals surface area contributed by atoms with Gasteiger partial charge in [0.1, 0.15) is 5.01 Å². The van der Waals surface area contributed by atoms with Crippen LogP contribution in [0.25, 0.3) is 0 Å².